The molecule has 1 unspecified atom stereocenters. The van der Waals surface area contributed by atoms with Crippen LogP contribution in [0.15, 0.2) is 24.3 Å². The van der Waals surface area contributed by atoms with Gasteiger partial charge in [-0.15, -0.1) is 0 Å². The summed E-state index contributed by atoms with van der Waals surface area (Å²) in [5.41, 5.74) is 2.02. The number of nitriles is 1. The van der Waals surface area contributed by atoms with Crippen molar-refractivity contribution >= 4 is 11.8 Å². The number of rotatable bonds is 3. The van der Waals surface area contributed by atoms with E-state index in [4.69, 9.17) is 5.26 Å². The minimum absolute atomic E-state index is 0.736. The van der Waals surface area contributed by atoms with E-state index in [0.29, 0.717) is 0 Å². The first kappa shape index (κ1) is 11.5. The van der Waals surface area contributed by atoms with Gasteiger partial charge in [0.2, 0.25) is 0 Å². The first-order chi connectivity index (χ1) is 7.88. The van der Waals surface area contributed by atoms with Gasteiger partial charge in [0.15, 0.2) is 0 Å². The zero-order valence-corrected chi connectivity index (χ0v) is 10.1. The highest BCUT2D eigenvalue weighted by molar-refractivity contribution is 7.99. The molecule has 0 aliphatic carbocycles. The standard InChI is InChI=1S/C13H16N2S/c14-8-11-3-1-4-12(7-11)10-16-13-5-2-6-15-9-13/h1,3-4,7,13,15H,2,5-6,9-10H2. The highest BCUT2D eigenvalue weighted by Gasteiger charge is 2.12. The van der Waals surface area contributed by atoms with Gasteiger partial charge in [-0.1, -0.05) is 12.1 Å². The molecule has 0 aromatic heterocycles. The predicted octanol–water partition coefficient (Wildman–Crippen LogP) is 2.54. The lowest BCUT2D eigenvalue weighted by Crippen LogP contribution is -2.31. The van der Waals surface area contributed by atoms with E-state index in [2.05, 4.69) is 17.5 Å². The van der Waals surface area contributed by atoms with Crippen LogP contribution in [-0.2, 0) is 5.75 Å². The van der Waals surface area contributed by atoms with Gasteiger partial charge in [-0.25, -0.2) is 0 Å². The molecule has 0 amide bonds. The molecule has 2 rings (SSSR count). The Hall–Kier alpha value is -0.980. The Morgan fingerprint density at radius 2 is 2.44 bits per heavy atom. The highest BCUT2D eigenvalue weighted by Crippen LogP contribution is 2.23. The second-order valence-electron chi connectivity index (χ2n) is 4.09. The number of piperidine rings is 1. The Balaban J connectivity index is 1.86. The van der Waals surface area contributed by atoms with Crippen molar-refractivity contribution in [3.63, 3.8) is 0 Å². The largest absolute Gasteiger partial charge is 0.316 e. The molecule has 1 saturated heterocycles. The normalized spacial score (nSPS) is 20.3. The van der Waals surface area contributed by atoms with E-state index in [-0.39, 0.29) is 0 Å². The summed E-state index contributed by atoms with van der Waals surface area (Å²) in [5.74, 6) is 1.02. The molecule has 1 N–H and O–H groups in total. The SMILES string of the molecule is N#Cc1cccc(CSC2CCCNC2)c1. The molecule has 0 spiro atoms. The summed E-state index contributed by atoms with van der Waals surface area (Å²) < 4.78 is 0. The maximum absolute atomic E-state index is 8.81. The summed E-state index contributed by atoms with van der Waals surface area (Å²) in [6.45, 7) is 2.30. The second-order valence-corrected chi connectivity index (χ2v) is 5.38. The average Bonchev–Trinajstić information content (AvgIpc) is 2.38. The molecule has 1 heterocycles. The maximum Gasteiger partial charge on any atom is 0.0991 e. The fourth-order valence-electron chi connectivity index (χ4n) is 1.91. The molecule has 1 aliphatic heterocycles. The summed E-state index contributed by atoms with van der Waals surface area (Å²) in [7, 11) is 0. The molecule has 0 bridgehead atoms. The lowest BCUT2D eigenvalue weighted by molar-refractivity contribution is 0.531. The van der Waals surface area contributed by atoms with Crippen molar-refractivity contribution in [1.82, 2.24) is 5.32 Å². The third-order valence-corrected chi connectivity index (χ3v) is 4.17. The molecule has 0 saturated carbocycles. The third kappa shape index (κ3) is 3.26. The number of hydrogen-bond acceptors (Lipinski definition) is 3. The van der Waals surface area contributed by atoms with E-state index in [1.807, 2.05) is 30.0 Å². The quantitative estimate of drug-likeness (QED) is 0.870. The number of benzene rings is 1. The van der Waals surface area contributed by atoms with Crippen LogP contribution in [-0.4, -0.2) is 18.3 Å². The second kappa shape index (κ2) is 5.93. The van der Waals surface area contributed by atoms with Crippen LogP contribution in [0.4, 0.5) is 0 Å². The van der Waals surface area contributed by atoms with Crippen LogP contribution in [0.3, 0.4) is 0 Å². The molecule has 3 heteroatoms. The highest BCUT2D eigenvalue weighted by atomic mass is 32.2. The van der Waals surface area contributed by atoms with Gasteiger partial charge < -0.3 is 5.32 Å². The number of hydrogen-bond donors (Lipinski definition) is 1. The third-order valence-electron chi connectivity index (χ3n) is 2.79. The van der Waals surface area contributed by atoms with Crippen molar-refractivity contribution in [2.75, 3.05) is 13.1 Å². The van der Waals surface area contributed by atoms with Crippen LogP contribution in [0.5, 0.6) is 0 Å². The van der Waals surface area contributed by atoms with Gasteiger partial charge in [0.1, 0.15) is 0 Å². The van der Waals surface area contributed by atoms with Crippen LogP contribution in [0, 0.1) is 11.3 Å². The van der Waals surface area contributed by atoms with E-state index < -0.39 is 0 Å². The van der Waals surface area contributed by atoms with Crippen molar-refractivity contribution < 1.29 is 0 Å². The molecular formula is C13H16N2S. The van der Waals surface area contributed by atoms with Crippen LogP contribution in [0.2, 0.25) is 0 Å². The summed E-state index contributed by atoms with van der Waals surface area (Å²) in [4.78, 5) is 0. The van der Waals surface area contributed by atoms with Crippen molar-refractivity contribution in [1.29, 1.82) is 5.26 Å². The number of thioether (sulfide) groups is 1. The monoisotopic (exact) mass is 232 g/mol. The van der Waals surface area contributed by atoms with Gasteiger partial charge in [-0.2, -0.15) is 17.0 Å². The van der Waals surface area contributed by atoms with E-state index in [1.165, 1.54) is 24.9 Å². The van der Waals surface area contributed by atoms with Crippen molar-refractivity contribution in [3.05, 3.63) is 35.4 Å². The summed E-state index contributed by atoms with van der Waals surface area (Å²) >= 11 is 2.00. The lowest BCUT2D eigenvalue weighted by Gasteiger charge is -2.22. The topological polar surface area (TPSA) is 35.8 Å². The van der Waals surface area contributed by atoms with E-state index in [9.17, 15) is 0 Å². The van der Waals surface area contributed by atoms with Gasteiger partial charge in [0, 0.05) is 17.5 Å². The molecule has 1 aliphatic rings. The summed E-state index contributed by atoms with van der Waals surface area (Å²) in [6.07, 6.45) is 2.60. The number of nitrogens with zero attached hydrogens (tertiary/aromatic N) is 1. The molecular weight excluding hydrogens is 216 g/mol. The van der Waals surface area contributed by atoms with Crippen molar-refractivity contribution in [3.8, 4) is 6.07 Å². The molecule has 1 fully saturated rings. The molecule has 2 nitrogen and oxygen atoms in total. The van der Waals surface area contributed by atoms with Gasteiger partial charge in [-0.05, 0) is 37.1 Å². The molecule has 1 aromatic rings. The minimum Gasteiger partial charge on any atom is -0.316 e. The molecule has 0 radical (unpaired) electrons. The molecule has 1 aromatic carbocycles. The fourth-order valence-corrected chi connectivity index (χ4v) is 3.08. The van der Waals surface area contributed by atoms with Crippen LogP contribution in [0.1, 0.15) is 24.0 Å². The van der Waals surface area contributed by atoms with E-state index in [0.717, 1.165) is 23.1 Å². The Labute approximate surface area is 101 Å². The zero-order valence-electron chi connectivity index (χ0n) is 9.28. The lowest BCUT2D eigenvalue weighted by atomic mass is 10.1. The molecule has 16 heavy (non-hydrogen) atoms. The van der Waals surface area contributed by atoms with Crippen molar-refractivity contribution in [2.45, 2.75) is 23.8 Å². The van der Waals surface area contributed by atoms with Gasteiger partial charge >= 0.3 is 0 Å². The molecule has 1 atom stereocenters. The Morgan fingerprint density at radius 1 is 1.50 bits per heavy atom. The maximum atomic E-state index is 8.81. The first-order valence-electron chi connectivity index (χ1n) is 5.70. The van der Waals surface area contributed by atoms with Gasteiger partial charge in [0.25, 0.3) is 0 Å². The minimum atomic E-state index is 0.736. The van der Waals surface area contributed by atoms with Gasteiger partial charge in [-0.3, -0.25) is 0 Å². The number of nitrogens with one attached hydrogen (secondary N) is 1. The zero-order chi connectivity index (χ0) is 11.2. The Morgan fingerprint density at radius 3 is 3.19 bits per heavy atom. The Kier molecular flexibility index (Phi) is 4.26. The van der Waals surface area contributed by atoms with Crippen LogP contribution >= 0.6 is 11.8 Å². The smallest absolute Gasteiger partial charge is 0.0991 e. The fraction of sp³-hybridized carbons (Fsp3) is 0.462. The van der Waals surface area contributed by atoms with Crippen LogP contribution < -0.4 is 5.32 Å². The Bertz CT molecular complexity index is 378. The van der Waals surface area contributed by atoms with E-state index >= 15 is 0 Å². The summed E-state index contributed by atoms with van der Waals surface area (Å²) in [5, 5.41) is 13.0. The van der Waals surface area contributed by atoms with E-state index in [1.54, 1.807) is 0 Å². The first-order valence-corrected chi connectivity index (χ1v) is 6.75. The predicted molar refractivity (Wildman–Crippen MR) is 68.3 cm³/mol. The van der Waals surface area contributed by atoms with Crippen LogP contribution in [0.25, 0.3) is 0 Å². The molecule has 84 valence electrons. The van der Waals surface area contributed by atoms with Crippen molar-refractivity contribution in [2.24, 2.45) is 0 Å². The van der Waals surface area contributed by atoms with Gasteiger partial charge in [0.05, 0.1) is 11.6 Å². The summed E-state index contributed by atoms with van der Waals surface area (Å²) in [6, 6.07) is 10.1. The average molecular weight is 232 g/mol.